The fourth-order valence-corrected chi connectivity index (χ4v) is 3.93. The summed E-state index contributed by atoms with van der Waals surface area (Å²) in [4.78, 5) is 14.4. The molecule has 2 saturated carbocycles. The zero-order valence-corrected chi connectivity index (χ0v) is 14.2. The van der Waals surface area contributed by atoms with Crippen LogP contribution in [0.1, 0.15) is 50.5 Å². The Hall–Kier alpha value is -1.35. The number of benzene rings is 1. The standard InChI is InChI=1S/C20H29NO2/c1-21(18-9-11-19(22)12-10-18)20(23)14-17-13-16(17)8-7-15-5-3-2-4-6-15/h2-6,16-19,22H,7-14H2,1H3. The monoisotopic (exact) mass is 315 g/mol. The van der Waals surface area contributed by atoms with Crippen molar-refractivity contribution >= 4 is 5.91 Å². The summed E-state index contributed by atoms with van der Waals surface area (Å²) in [5, 5.41) is 9.59. The third-order valence-corrected chi connectivity index (χ3v) is 5.76. The Balaban J connectivity index is 1.38. The van der Waals surface area contributed by atoms with E-state index >= 15 is 0 Å². The van der Waals surface area contributed by atoms with Gasteiger partial charge in [-0.25, -0.2) is 0 Å². The van der Waals surface area contributed by atoms with Crippen LogP contribution in [0.3, 0.4) is 0 Å². The maximum absolute atomic E-state index is 12.5. The number of aryl methyl sites for hydroxylation is 1. The second kappa shape index (κ2) is 7.48. The highest BCUT2D eigenvalue weighted by Gasteiger charge is 2.39. The van der Waals surface area contributed by atoms with Gasteiger partial charge in [0.05, 0.1) is 6.10 Å². The Bertz CT molecular complexity index is 508. The van der Waals surface area contributed by atoms with Gasteiger partial charge in [-0.05, 0) is 62.3 Å². The third kappa shape index (κ3) is 4.57. The van der Waals surface area contributed by atoms with Crippen LogP contribution in [0.5, 0.6) is 0 Å². The van der Waals surface area contributed by atoms with Gasteiger partial charge in [0.2, 0.25) is 5.91 Å². The molecule has 0 spiro atoms. The van der Waals surface area contributed by atoms with Crippen molar-refractivity contribution < 1.29 is 9.90 Å². The molecule has 2 atom stereocenters. The number of carbonyl (C=O) groups excluding carboxylic acids is 1. The number of aliphatic hydroxyl groups is 1. The molecule has 0 saturated heterocycles. The molecular formula is C20H29NO2. The smallest absolute Gasteiger partial charge is 0.222 e. The van der Waals surface area contributed by atoms with Crippen molar-refractivity contribution in [2.75, 3.05) is 7.05 Å². The van der Waals surface area contributed by atoms with Gasteiger partial charge in [-0.1, -0.05) is 30.3 Å². The predicted octanol–water partition coefficient (Wildman–Crippen LogP) is 3.41. The highest BCUT2D eigenvalue weighted by molar-refractivity contribution is 5.76. The van der Waals surface area contributed by atoms with Gasteiger partial charge in [-0.2, -0.15) is 0 Å². The summed E-state index contributed by atoms with van der Waals surface area (Å²) < 4.78 is 0. The normalized spacial score (nSPS) is 30.0. The second-order valence-electron chi connectivity index (χ2n) is 7.45. The van der Waals surface area contributed by atoms with Crippen molar-refractivity contribution in [1.29, 1.82) is 0 Å². The van der Waals surface area contributed by atoms with Crippen molar-refractivity contribution in [3.05, 3.63) is 35.9 Å². The third-order valence-electron chi connectivity index (χ3n) is 5.76. The van der Waals surface area contributed by atoms with E-state index in [1.807, 2.05) is 11.9 Å². The Labute approximate surface area is 139 Å². The van der Waals surface area contributed by atoms with Crippen LogP contribution in [0.15, 0.2) is 30.3 Å². The van der Waals surface area contributed by atoms with E-state index in [4.69, 9.17) is 0 Å². The Morgan fingerprint density at radius 1 is 1.13 bits per heavy atom. The maximum Gasteiger partial charge on any atom is 0.222 e. The summed E-state index contributed by atoms with van der Waals surface area (Å²) in [6.07, 6.45) is 7.70. The minimum Gasteiger partial charge on any atom is -0.393 e. The first kappa shape index (κ1) is 16.5. The van der Waals surface area contributed by atoms with Crippen molar-refractivity contribution in [1.82, 2.24) is 4.90 Å². The predicted molar refractivity (Wildman–Crippen MR) is 92.0 cm³/mol. The highest BCUT2D eigenvalue weighted by atomic mass is 16.3. The molecule has 0 heterocycles. The van der Waals surface area contributed by atoms with Gasteiger partial charge in [0.15, 0.2) is 0 Å². The van der Waals surface area contributed by atoms with Gasteiger partial charge in [0, 0.05) is 19.5 Å². The Morgan fingerprint density at radius 3 is 2.52 bits per heavy atom. The molecule has 0 aliphatic heterocycles. The summed E-state index contributed by atoms with van der Waals surface area (Å²) in [5.41, 5.74) is 1.40. The van der Waals surface area contributed by atoms with E-state index in [1.165, 1.54) is 18.4 Å². The summed E-state index contributed by atoms with van der Waals surface area (Å²) in [6, 6.07) is 11.0. The zero-order chi connectivity index (χ0) is 16.2. The summed E-state index contributed by atoms with van der Waals surface area (Å²) in [5.74, 6) is 1.64. The van der Waals surface area contributed by atoms with Crippen LogP contribution in [0.4, 0.5) is 0 Å². The summed E-state index contributed by atoms with van der Waals surface area (Å²) in [7, 11) is 1.95. The first-order valence-corrected chi connectivity index (χ1v) is 9.11. The molecule has 3 rings (SSSR count). The average molecular weight is 315 g/mol. The fourth-order valence-electron chi connectivity index (χ4n) is 3.93. The lowest BCUT2D eigenvalue weighted by Gasteiger charge is -2.33. The largest absolute Gasteiger partial charge is 0.393 e. The molecule has 2 aliphatic rings. The number of carbonyl (C=O) groups is 1. The lowest BCUT2D eigenvalue weighted by Crippen LogP contribution is -2.40. The second-order valence-corrected chi connectivity index (χ2v) is 7.45. The van der Waals surface area contributed by atoms with Gasteiger partial charge >= 0.3 is 0 Å². The SMILES string of the molecule is CN(C(=O)CC1CC1CCc1ccccc1)C1CCC(O)CC1. The lowest BCUT2D eigenvalue weighted by atomic mass is 9.92. The van der Waals surface area contributed by atoms with E-state index in [1.54, 1.807) is 0 Å². The van der Waals surface area contributed by atoms with Crippen molar-refractivity contribution in [3.63, 3.8) is 0 Å². The van der Waals surface area contributed by atoms with Crippen LogP contribution < -0.4 is 0 Å². The number of hydrogen-bond donors (Lipinski definition) is 1. The molecule has 2 fully saturated rings. The molecule has 0 aromatic heterocycles. The lowest BCUT2D eigenvalue weighted by molar-refractivity contribution is -0.133. The Kier molecular flexibility index (Phi) is 5.37. The molecule has 0 bridgehead atoms. The maximum atomic E-state index is 12.5. The molecule has 23 heavy (non-hydrogen) atoms. The molecule has 3 heteroatoms. The van der Waals surface area contributed by atoms with E-state index in [2.05, 4.69) is 30.3 Å². The number of rotatable bonds is 6. The molecule has 1 amide bonds. The Morgan fingerprint density at radius 2 is 1.83 bits per heavy atom. The van der Waals surface area contributed by atoms with Gasteiger partial charge in [-0.15, -0.1) is 0 Å². The van der Waals surface area contributed by atoms with Crippen molar-refractivity contribution in [2.24, 2.45) is 11.8 Å². The molecule has 1 N–H and O–H groups in total. The van der Waals surface area contributed by atoms with Gasteiger partial charge in [0.1, 0.15) is 0 Å². The molecule has 1 aromatic rings. The first-order chi connectivity index (χ1) is 11.1. The molecule has 3 nitrogen and oxygen atoms in total. The van der Waals surface area contributed by atoms with E-state index in [0.717, 1.165) is 44.4 Å². The molecule has 126 valence electrons. The van der Waals surface area contributed by atoms with E-state index < -0.39 is 0 Å². The molecule has 2 aliphatic carbocycles. The topological polar surface area (TPSA) is 40.5 Å². The number of nitrogens with zero attached hydrogens (tertiary/aromatic N) is 1. The molecule has 1 aromatic carbocycles. The first-order valence-electron chi connectivity index (χ1n) is 9.11. The molecule has 0 radical (unpaired) electrons. The quantitative estimate of drug-likeness (QED) is 0.874. The van der Waals surface area contributed by atoms with Crippen LogP contribution in [0, 0.1) is 11.8 Å². The van der Waals surface area contributed by atoms with E-state index in [9.17, 15) is 9.90 Å². The van der Waals surface area contributed by atoms with Crippen LogP contribution in [-0.2, 0) is 11.2 Å². The molecule has 2 unspecified atom stereocenters. The van der Waals surface area contributed by atoms with Crippen LogP contribution in [0.25, 0.3) is 0 Å². The fraction of sp³-hybridized carbons (Fsp3) is 0.650. The summed E-state index contributed by atoms with van der Waals surface area (Å²) in [6.45, 7) is 0. The van der Waals surface area contributed by atoms with E-state index in [-0.39, 0.29) is 6.10 Å². The average Bonchev–Trinajstić information content (AvgIpc) is 3.32. The highest BCUT2D eigenvalue weighted by Crippen LogP contribution is 2.44. The van der Waals surface area contributed by atoms with E-state index in [0.29, 0.717) is 17.9 Å². The van der Waals surface area contributed by atoms with Gasteiger partial charge in [0.25, 0.3) is 0 Å². The summed E-state index contributed by atoms with van der Waals surface area (Å²) >= 11 is 0. The van der Waals surface area contributed by atoms with Gasteiger partial charge in [-0.3, -0.25) is 4.79 Å². The number of hydrogen-bond acceptors (Lipinski definition) is 2. The zero-order valence-electron chi connectivity index (χ0n) is 14.2. The van der Waals surface area contributed by atoms with Crippen molar-refractivity contribution in [2.45, 2.75) is 63.5 Å². The number of amides is 1. The van der Waals surface area contributed by atoms with Crippen LogP contribution >= 0.6 is 0 Å². The van der Waals surface area contributed by atoms with Crippen LogP contribution in [0.2, 0.25) is 0 Å². The minimum atomic E-state index is -0.152. The van der Waals surface area contributed by atoms with Gasteiger partial charge < -0.3 is 10.0 Å². The molecular weight excluding hydrogens is 286 g/mol. The minimum absolute atomic E-state index is 0.152. The van der Waals surface area contributed by atoms with Crippen molar-refractivity contribution in [3.8, 4) is 0 Å². The van der Waals surface area contributed by atoms with Crippen LogP contribution in [-0.4, -0.2) is 35.1 Å². The number of aliphatic hydroxyl groups excluding tert-OH is 1.